The minimum atomic E-state index is 1.23. The van der Waals surface area contributed by atoms with Gasteiger partial charge in [0.25, 0.3) is 0 Å². The zero-order valence-corrected chi connectivity index (χ0v) is 16.9. The van der Waals surface area contributed by atoms with E-state index >= 15 is 0 Å². The molecule has 0 saturated heterocycles. The van der Waals surface area contributed by atoms with Gasteiger partial charge in [0.05, 0.1) is 0 Å². The molecule has 0 bridgehead atoms. The van der Waals surface area contributed by atoms with Crippen LogP contribution in [-0.2, 0) is 0 Å². The van der Waals surface area contributed by atoms with Crippen LogP contribution in [0.15, 0.2) is 120 Å². The highest BCUT2D eigenvalue weighted by molar-refractivity contribution is 8.05. The van der Waals surface area contributed by atoms with Gasteiger partial charge in [0.2, 0.25) is 0 Å². The lowest BCUT2D eigenvalue weighted by Crippen LogP contribution is -1.82. The predicted molar refractivity (Wildman–Crippen MR) is 129 cm³/mol. The fraction of sp³-hybridized carbons (Fsp3) is 0. The Morgan fingerprint density at radius 3 is 1.24 bits per heavy atom. The normalized spacial score (nSPS) is 11.3. The Bertz CT molecular complexity index is 1020. The van der Waals surface area contributed by atoms with Crippen LogP contribution in [0.5, 0.6) is 0 Å². The smallest absolute Gasteiger partial charge is 0.0111 e. The second kappa shape index (κ2) is 9.77. The first-order valence-corrected chi connectivity index (χ1v) is 10.6. The Kier molecular flexibility index (Phi) is 6.42. The highest BCUT2D eigenvalue weighted by Crippen LogP contribution is 2.27. The Balaban J connectivity index is 1.49. The van der Waals surface area contributed by atoms with Crippen LogP contribution in [-0.4, -0.2) is 0 Å². The molecule has 0 radical (unpaired) electrons. The molecule has 0 saturated carbocycles. The molecule has 0 aliphatic rings. The zero-order valence-electron chi connectivity index (χ0n) is 16.1. The molecule has 0 aromatic heterocycles. The summed E-state index contributed by atoms with van der Waals surface area (Å²) in [4.78, 5) is 0. The van der Waals surface area contributed by atoms with Crippen LogP contribution < -0.4 is 0 Å². The zero-order chi connectivity index (χ0) is 19.7. The predicted octanol–water partition coefficient (Wildman–Crippen LogP) is 8.40. The Morgan fingerprint density at radius 2 is 0.793 bits per heavy atom. The molecule has 0 heterocycles. The van der Waals surface area contributed by atoms with Gasteiger partial charge in [0, 0.05) is 0 Å². The van der Waals surface area contributed by atoms with E-state index < -0.39 is 0 Å². The minimum Gasteiger partial charge on any atom is -0.106 e. The molecule has 1 heteroatoms. The van der Waals surface area contributed by atoms with Crippen molar-refractivity contribution < 1.29 is 0 Å². The van der Waals surface area contributed by atoms with Crippen molar-refractivity contribution >= 4 is 23.9 Å². The average Bonchev–Trinajstić information content (AvgIpc) is 2.80. The van der Waals surface area contributed by atoms with Crippen molar-refractivity contribution in [1.82, 2.24) is 0 Å². The quantitative estimate of drug-likeness (QED) is 0.318. The van der Waals surface area contributed by atoms with Crippen molar-refractivity contribution in [2.75, 3.05) is 0 Å². The third kappa shape index (κ3) is 4.96. The molecule has 4 rings (SSSR count). The number of hydrogen-bond donors (Lipinski definition) is 0. The van der Waals surface area contributed by atoms with E-state index in [1.54, 1.807) is 11.8 Å². The van der Waals surface area contributed by atoms with Crippen LogP contribution in [0.4, 0.5) is 0 Å². The van der Waals surface area contributed by atoms with E-state index in [4.69, 9.17) is 0 Å². The lowest BCUT2D eigenvalue weighted by atomic mass is 10.00. The summed E-state index contributed by atoms with van der Waals surface area (Å²) in [6.45, 7) is 0. The van der Waals surface area contributed by atoms with Crippen LogP contribution in [0.2, 0.25) is 0 Å². The first-order chi connectivity index (χ1) is 14.4. The van der Waals surface area contributed by atoms with Crippen molar-refractivity contribution in [1.29, 1.82) is 0 Å². The third-order valence-corrected chi connectivity index (χ3v) is 5.33. The van der Waals surface area contributed by atoms with Gasteiger partial charge in [-0.15, -0.1) is 11.8 Å². The van der Waals surface area contributed by atoms with Crippen LogP contribution in [0.25, 0.3) is 34.4 Å². The highest BCUT2D eigenvalue weighted by Gasteiger charge is 2.02. The number of benzene rings is 4. The molecule has 0 amide bonds. The van der Waals surface area contributed by atoms with Gasteiger partial charge in [0.1, 0.15) is 0 Å². The van der Waals surface area contributed by atoms with Crippen molar-refractivity contribution in [2.24, 2.45) is 0 Å². The van der Waals surface area contributed by atoms with E-state index in [2.05, 4.69) is 132 Å². The molecule has 0 spiro atoms. The number of hydrogen-bond acceptors (Lipinski definition) is 1. The van der Waals surface area contributed by atoms with Crippen molar-refractivity contribution in [3.05, 3.63) is 131 Å². The Morgan fingerprint density at radius 1 is 0.414 bits per heavy atom. The van der Waals surface area contributed by atoms with Crippen molar-refractivity contribution in [2.45, 2.75) is 0 Å². The van der Waals surface area contributed by atoms with E-state index in [1.165, 1.54) is 33.4 Å². The maximum atomic E-state index is 2.18. The van der Waals surface area contributed by atoms with E-state index in [-0.39, 0.29) is 0 Å². The van der Waals surface area contributed by atoms with Crippen LogP contribution in [0, 0.1) is 0 Å². The summed E-state index contributed by atoms with van der Waals surface area (Å²) in [6, 6.07) is 38.1. The minimum absolute atomic E-state index is 1.23. The van der Waals surface area contributed by atoms with Gasteiger partial charge in [-0.1, -0.05) is 109 Å². The molecule has 0 aliphatic heterocycles. The van der Waals surface area contributed by atoms with E-state index in [0.29, 0.717) is 0 Å². The monoisotopic (exact) mass is 390 g/mol. The fourth-order valence-corrected chi connectivity index (χ4v) is 3.86. The molecule has 0 N–H and O–H groups in total. The lowest BCUT2D eigenvalue weighted by Gasteiger charge is -2.06. The molecular formula is C28H22S. The van der Waals surface area contributed by atoms with Gasteiger partial charge < -0.3 is 0 Å². The summed E-state index contributed by atoms with van der Waals surface area (Å²) in [7, 11) is 0. The average molecular weight is 391 g/mol. The SMILES string of the molecule is C(=C\c1ccccc1-c1ccccc1)/S/C=C/c1ccccc1-c1ccccc1. The second-order valence-electron chi connectivity index (χ2n) is 6.65. The second-order valence-corrected chi connectivity index (χ2v) is 7.46. The maximum absolute atomic E-state index is 2.18. The number of rotatable bonds is 6. The Hall–Kier alpha value is -3.29. The van der Waals surface area contributed by atoms with E-state index in [1.807, 2.05) is 0 Å². The van der Waals surface area contributed by atoms with Gasteiger partial charge in [-0.3, -0.25) is 0 Å². The highest BCUT2D eigenvalue weighted by atomic mass is 32.2. The summed E-state index contributed by atoms with van der Waals surface area (Å²) in [5.41, 5.74) is 7.44. The summed E-state index contributed by atoms with van der Waals surface area (Å²) in [5, 5.41) is 4.28. The fourth-order valence-electron chi connectivity index (χ4n) is 3.32. The summed E-state index contributed by atoms with van der Waals surface area (Å²) >= 11 is 1.69. The molecule has 29 heavy (non-hydrogen) atoms. The molecular weight excluding hydrogens is 368 g/mol. The summed E-state index contributed by atoms with van der Waals surface area (Å²) < 4.78 is 0. The first kappa shape index (κ1) is 19.0. The summed E-state index contributed by atoms with van der Waals surface area (Å²) in [6.07, 6.45) is 4.36. The van der Waals surface area contributed by atoms with Crippen molar-refractivity contribution in [3.8, 4) is 22.3 Å². The molecule has 0 aliphatic carbocycles. The van der Waals surface area contributed by atoms with Gasteiger partial charge in [0.15, 0.2) is 0 Å². The molecule has 0 nitrogen and oxygen atoms in total. The molecule has 4 aromatic carbocycles. The van der Waals surface area contributed by atoms with Crippen LogP contribution >= 0.6 is 11.8 Å². The van der Waals surface area contributed by atoms with Gasteiger partial charge in [-0.05, 0) is 56.3 Å². The summed E-state index contributed by atoms with van der Waals surface area (Å²) in [5.74, 6) is 0. The maximum Gasteiger partial charge on any atom is -0.0111 e. The molecule has 0 unspecified atom stereocenters. The molecule has 4 aromatic rings. The topological polar surface area (TPSA) is 0 Å². The van der Waals surface area contributed by atoms with Crippen LogP contribution in [0.1, 0.15) is 11.1 Å². The molecule has 0 fully saturated rings. The van der Waals surface area contributed by atoms with Gasteiger partial charge >= 0.3 is 0 Å². The lowest BCUT2D eigenvalue weighted by molar-refractivity contribution is 1.59. The largest absolute Gasteiger partial charge is 0.106 e. The van der Waals surface area contributed by atoms with Crippen LogP contribution in [0.3, 0.4) is 0 Å². The van der Waals surface area contributed by atoms with Gasteiger partial charge in [-0.2, -0.15) is 0 Å². The first-order valence-electron chi connectivity index (χ1n) is 9.69. The molecule has 0 atom stereocenters. The standard InChI is InChI=1S/C28H22S/c1-3-11-23(12-4-1)27-17-9-7-15-25(27)19-21-29-22-20-26-16-8-10-18-28(26)24-13-5-2-6-14-24/h1-22H/b21-19+,22-20+. The van der Waals surface area contributed by atoms with E-state index in [0.717, 1.165) is 0 Å². The Labute approximate surface area is 177 Å². The third-order valence-electron chi connectivity index (χ3n) is 4.74. The van der Waals surface area contributed by atoms with Crippen molar-refractivity contribution in [3.63, 3.8) is 0 Å². The van der Waals surface area contributed by atoms with E-state index in [9.17, 15) is 0 Å². The van der Waals surface area contributed by atoms with Gasteiger partial charge in [-0.25, -0.2) is 0 Å². The molecule has 140 valence electrons. The number of thioether (sulfide) groups is 1.